The van der Waals surface area contributed by atoms with Crippen LogP contribution in [0.2, 0.25) is 0 Å². The van der Waals surface area contributed by atoms with Crippen LogP contribution in [0.15, 0.2) is 0 Å². The Morgan fingerprint density at radius 1 is 1.29 bits per heavy atom. The molecule has 86 valence electrons. The number of hydrogen-bond acceptors (Lipinski definition) is 2. The summed E-state index contributed by atoms with van der Waals surface area (Å²) in [7, 11) is 0. The summed E-state index contributed by atoms with van der Waals surface area (Å²) in [5.41, 5.74) is 5.45. The Labute approximate surface area is 83.0 Å². The summed E-state index contributed by atoms with van der Waals surface area (Å²) in [6.07, 6.45) is -3.27. The van der Waals surface area contributed by atoms with E-state index in [2.05, 4.69) is 5.32 Å². The molecule has 1 atom stereocenters. The highest BCUT2D eigenvalue weighted by atomic mass is 19.4. The summed E-state index contributed by atoms with van der Waals surface area (Å²) >= 11 is 0. The van der Waals surface area contributed by atoms with Crippen molar-refractivity contribution in [1.82, 2.24) is 5.32 Å². The van der Waals surface area contributed by atoms with Crippen molar-refractivity contribution >= 4 is 0 Å². The van der Waals surface area contributed by atoms with Gasteiger partial charge in [0.05, 0.1) is 6.54 Å². The van der Waals surface area contributed by atoms with Crippen molar-refractivity contribution in [2.75, 3.05) is 19.6 Å². The van der Waals surface area contributed by atoms with Crippen LogP contribution in [-0.2, 0) is 0 Å². The van der Waals surface area contributed by atoms with E-state index in [1.165, 1.54) is 0 Å². The molecule has 0 aromatic heterocycles. The molecular weight excluding hydrogens is 193 g/mol. The van der Waals surface area contributed by atoms with Gasteiger partial charge in [-0.25, -0.2) is 0 Å². The van der Waals surface area contributed by atoms with E-state index in [1.54, 1.807) is 0 Å². The summed E-state index contributed by atoms with van der Waals surface area (Å²) < 4.78 is 35.3. The van der Waals surface area contributed by atoms with Crippen molar-refractivity contribution in [3.05, 3.63) is 0 Å². The molecule has 0 rings (SSSR count). The monoisotopic (exact) mass is 212 g/mol. The molecule has 0 spiro atoms. The van der Waals surface area contributed by atoms with Crippen molar-refractivity contribution in [2.45, 2.75) is 26.4 Å². The van der Waals surface area contributed by atoms with Gasteiger partial charge in [-0.3, -0.25) is 0 Å². The van der Waals surface area contributed by atoms with Crippen molar-refractivity contribution in [3.8, 4) is 0 Å². The first-order chi connectivity index (χ1) is 6.35. The lowest BCUT2D eigenvalue weighted by atomic mass is 9.97. The molecule has 5 heteroatoms. The largest absolute Gasteiger partial charge is 0.401 e. The maximum atomic E-state index is 11.8. The predicted octanol–water partition coefficient (Wildman–Crippen LogP) is 1.76. The zero-order valence-electron chi connectivity index (χ0n) is 8.69. The minimum atomic E-state index is -4.13. The molecule has 3 N–H and O–H groups in total. The molecule has 0 bridgehead atoms. The third kappa shape index (κ3) is 8.31. The minimum absolute atomic E-state index is 0.136. The van der Waals surface area contributed by atoms with E-state index < -0.39 is 12.7 Å². The maximum absolute atomic E-state index is 11.8. The first-order valence-electron chi connectivity index (χ1n) is 4.82. The van der Waals surface area contributed by atoms with Crippen LogP contribution in [0.5, 0.6) is 0 Å². The Hall–Kier alpha value is -0.290. The fourth-order valence-electron chi connectivity index (χ4n) is 1.35. The van der Waals surface area contributed by atoms with Crippen molar-refractivity contribution in [2.24, 2.45) is 17.6 Å². The SMILES string of the molecule is CC(C)CC(CN)CNCC(F)(F)F. The highest BCUT2D eigenvalue weighted by Crippen LogP contribution is 2.13. The maximum Gasteiger partial charge on any atom is 0.401 e. The standard InChI is InChI=1S/C9H19F3N2/c1-7(2)3-8(4-13)5-14-6-9(10,11)12/h7-8,14H,3-6,13H2,1-2H3. The van der Waals surface area contributed by atoms with E-state index >= 15 is 0 Å². The highest BCUT2D eigenvalue weighted by Gasteiger charge is 2.26. The molecule has 0 fully saturated rings. The van der Waals surface area contributed by atoms with E-state index in [1.807, 2.05) is 13.8 Å². The van der Waals surface area contributed by atoms with Crippen molar-refractivity contribution < 1.29 is 13.2 Å². The van der Waals surface area contributed by atoms with Gasteiger partial charge in [-0.1, -0.05) is 13.8 Å². The van der Waals surface area contributed by atoms with Gasteiger partial charge in [0.25, 0.3) is 0 Å². The Bertz CT molecular complexity index is 145. The molecule has 0 aliphatic heterocycles. The molecule has 0 aliphatic rings. The lowest BCUT2D eigenvalue weighted by molar-refractivity contribution is -0.125. The molecule has 0 saturated carbocycles. The summed E-state index contributed by atoms with van der Waals surface area (Å²) in [6.45, 7) is 3.91. The van der Waals surface area contributed by atoms with E-state index in [0.29, 0.717) is 19.0 Å². The summed E-state index contributed by atoms with van der Waals surface area (Å²) in [4.78, 5) is 0. The highest BCUT2D eigenvalue weighted by molar-refractivity contribution is 4.66. The predicted molar refractivity (Wildman–Crippen MR) is 50.9 cm³/mol. The molecule has 0 amide bonds. The number of nitrogens with one attached hydrogen (secondary N) is 1. The van der Waals surface area contributed by atoms with E-state index in [9.17, 15) is 13.2 Å². The van der Waals surface area contributed by atoms with Crippen LogP contribution in [0.4, 0.5) is 13.2 Å². The van der Waals surface area contributed by atoms with Gasteiger partial charge in [0, 0.05) is 0 Å². The molecule has 1 unspecified atom stereocenters. The van der Waals surface area contributed by atoms with Crippen LogP contribution in [-0.4, -0.2) is 25.8 Å². The summed E-state index contributed by atoms with van der Waals surface area (Å²) in [5.74, 6) is 0.605. The van der Waals surface area contributed by atoms with Gasteiger partial charge in [-0.05, 0) is 31.3 Å². The van der Waals surface area contributed by atoms with Gasteiger partial charge in [-0.15, -0.1) is 0 Å². The van der Waals surface area contributed by atoms with Crippen LogP contribution in [0.3, 0.4) is 0 Å². The normalized spacial score (nSPS) is 14.8. The third-order valence-electron chi connectivity index (χ3n) is 1.90. The first-order valence-corrected chi connectivity index (χ1v) is 4.82. The molecule has 0 aliphatic carbocycles. The molecule has 14 heavy (non-hydrogen) atoms. The Kier molecular flexibility index (Phi) is 6.11. The van der Waals surface area contributed by atoms with E-state index in [0.717, 1.165) is 6.42 Å². The number of rotatable bonds is 6. The molecular formula is C9H19F3N2. The van der Waals surface area contributed by atoms with Crippen molar-refractivity contribution in [1.29, 1.82) is 0 Å². The zero-order chi connectivity index (χ0) is 11.2. The quantitative estimate of drug-likeness (QED) is 0.704. The number of alkyl halides is 3. The number of hydrogen-bond donors (Lipinski definition) is 2. The summed E-state index contributed by atoms with van der Waals surface area (Å²) in [6, 6.07) is 0. The van der Waals surface area contributed by atoms with Crippen LogP contribution in [0.25, 0.3) is 0 Å². The van der Waals surface area contributed by atoms with Crippen LogP contribution in [0, 0.1) is 11.8 Å². The molecule has 0 heterocycles. The average molecular weight is 212 g/mol. The van der Waals surface area contributed by atoms with Gasteiger partial charge >= 0.3 is 6.18 Å². The fraction of sp³-hybridized carbons (Fsp3) is 1.00. The Morgan fingerprint density at radius 2 is 1.86 bits per heavy atom. The van der Waals surface area contributed by atoms with Crippen molar-refractivity contribution in [3.63, 3.8) is 0 Å². The van der Waals surface area contributed by atoms with E-state index in [-0.39, 0.29) is 5.92 Å². The fourth-order valence-corrected chi connectivity index (χ4v) is 1.35. The topological polar surface area (TPSA) is 38.0 Å². The smallest absolute Gasteiger partial charge is 0.330 e. The van der Waals surface area contributed by atoms with Gasteiger partial charge in [0.2, 0.25) is 0 Å². The lowest BCUT2D eigenvalue weighted by Crippen LogP contribution is -2.35. The van der Waals surface area contributed by atoms with Crippen LogP contribution >= 0.6 is 0 Å². The van der Waals surface area contributed by atoms with Crippen LogP contribution in [0.1, 0.15) is 20.3 Å². The Morgan fingerprint density at radius 3 is 2.21 bits per heavy atom. The molecule has 0 aromatic carbocycles. The second-order valence-corrected chi connectivity index (χ2v) is 3.98. The van der Waals surface area contributed by atoms with Gasteiger partial charge < -0.3 is 11.1 Å². The molecule has 2 nitrogen and oxygen atoms in total. The van der Waals surface area contributed by atoms with Crippen LogP contribution < -0.4 is 11.1 Å². The van der Waals surface area contributed by atoms with Gasteiger partial charge in [0.1, 0.15) is 0 Å². The summed E-state index contributed by atoms with van der Waals surface area (Å²) in [5, 5.41) is 2.38. The van der Waals surface area contributed by atoms with Gasteiger partial charge in [0.15, 0.2) is 0 Å². The third-order valence-corrected chi connectivity index (χ3v) is 1.90. The molecule has 0 saturated heterocycles. The average Bonchev–Trinajstić information content (AvgIpc) is 1.99. The second kappa shape index (κ2) is 6.24. The second-order valence-electron chi connectivity index (χ2n) is 3.98. The lowest BCUT2D eigenvalue weighted by Gasteiger charge is -2.18. The minimum Gasteiger partial charge on any atom is -0.330 e. The van der Waals surface area contributed by atoms with E-state index in [4.69, 9.17) is 5.73 Å². The molecule has 0 aromatic rings. The molecule has 0 radical (unpaired) electrons. The first kappa shape index (κ1) is 13.7. The number of halogens is 3. The zero-order valence-corrected chi connectivity index (χ0v) is 8.69. The Balaban J connectivity index is 3.63. The number of nitrogens with two attached hydrogens (primary N) is 1. The van der Waals surface area contributed by atoms with Gasteiger partial charge in [-0.2, -0.15) is 13.2 Å².